The monoisotopic (exact) mass is 232 g/mol. The van der Waals surface area contributed by atoms with Crippen LogP contribution < -0.4 is 0 Å². The Balaban J connectivity index is 4.01. The van der Waals surface area contributed by atoms with Crippen LogP contribution in [0.15, 0.2) is 0 Å². The first-order valence-electron chi connectivity index (χ1n) is 2.45. The van der Waals surface area contributed by atoms with Gasteiger partial charge in [0, 0.05) is 11.2 Å². The minimum Gasteiger partial charge on any atom is -0.287 e. The minimum atomic E-state index is -5.14. The summed E-state index contributed by atoms with van der Waals surface area (Å²) in [7, 11) is -5.14. The van der Waals surface area contributed by atoms with E-state index < -0.39 is 26.0 Å². The van der Waals surface area contributed by atoms with Crippen LogP contribution in [0.3, 0.4) is 0 Å². The fraction of sp³-hybridized carbons (Fsp3) is 1.00. The molecule has 0 aromatic carbocycles. The average Bonchev–Trinajstić information content (AvgIpc) is 1.82. The van der Waals surface area contributed by atoms with Crippen molar-refractivity contribution < 1.29 is 30.8 Å². The first-order valence-corrected chi connectivity index (χ1v) is 4.87. The zero-order chi connectivity index (χ0) is 9.99. The molecule has 0 saturated carbocycles. The molecular formula is C3H3ClF5O2P. The van der Waals surface area contributed by atoms with E-state index in [1.54, 1.807) is 0 Å². The summed E-state index contributed by atoms with van der Waals surface area (Å²) in [4.78, 5) is 0. The van der Waals surface area contributed by atoms with E-state index >= 15 is 0 Å². The van der Waals surface area contributed by atoms with Crippen molar-refractivity contribution in [2.45, 2.75) is 12.3 Å². The fourth-order valence-electron chi connectivity index (χ4n) is 0.224. The van der Waals surface area contributed by atoms with Gasteiger partial charge in [0.05, 0.1) is 0 Å². The van der Waals surface area contributed by atoms with Crippen molar-refractivity contribution in [2.75, 3.05) is 6.61 Å². The highest BCUT2D eigenvalue weighted by atomic mass is 35.7. The van der Waals surface area contributed by atoms with Crippen LogP contribution in [-0.2, 0) is 9.09 Å². The lowest BCUT2D eigenvalue weighted by atomic mass is 10.4. The maximum atomic E-state index is 11.9. The Kier molecular flexibility index (Phi) is 3.93. The summed E-state index contributed by atoms with van der Waals surface area (Å²) in [6, 6.07) is 0. The summed E-state index contributed by atoms with van der Waals surface area (Å²) in [5.74, 6) is -4.54. The van der Waals surface area contributed by atoms with Gasteiger partial charge in [0.1, 0.15) is 6.61 Å². The normalized spacial score (nSPS) is 17.9. The van der Waals surface area contributed by atoms with Gasteiger partial charge in [0.25, 0.3) is 0 Å². The number of alkyl halides is 4. The van der Waals surface area contributed by atoms with Crippen LogP contribution >= 0.6 is 18.3 Å². The lowest BCUT2D eigenvalue weighted by molar-refractivity contribution is -0.148. The summed E-state index contributed by atoms with van der Waals surface area (Å²) in [6.45, 7) is -2.01. The molecule has 0 rings (SSSR count). The molecular weight excluding hydrogens is 229 g/mol. The highest BCUT2D eigenvalue weighted by Gasteiger charge is 2.43. The Hall–Kier alpha value is 0.130. The third-order valence-corrected chi connectivity index (χ3v) is 1.45. The van der Waals surface area contributed by atoms with Crippen LogP contribution in [-0.4, -0.2) is 19.0 Å². The van der Waals surface area contributed by atoms with Gasteiger partial charge in [-0.3, -0.25) is 4.52 Å². The summed E-state index contributed by atoms with van der Waals surface area (Å²) >= 11 is 4.23. The van der Waals surface area contributed by atoms with E-state index in [2.05, 4.69) is 15.8 Å². The second-order valence-corrected chi connectivity index (χ2v) is 4.05. The second-order valence-electron chi connectivity index (χ2n) is 1.75. The number of hydrogen-bond acceptors (Lipinski definition) is 2. The molecule has 0 spiro atoms. The summed E-state index contributed by atoms with van der Waals surface area (Å²) < 4.78 is 71.0. The van der Waals surface area contributed by atoms with Crippen molar-refractivity contribution in [1.29, 1.82) is 0 Å². The Morgan fingerprint density at radius 3 is 2.17 bits per heavy atom. The summed E-state index contributed by atoms with van der Waals surface area (Å²) in [5.41, 5.74) is 0. The molecule has 12 heavy (non-hydrogen) atoms. The largest absolute Gasteiger partial charge is 0.461 e. The topological polar surface area (TPSA) is 26.3 Å². The predicted molar refractivity (Wildman–Crippen MR) is 31.5 cm³/mol. The van der Waals surface area contributed by atoms with E-state index in [9.17, 15) is 26.3 Å². The molecule has 0 aromatic heterocycles. The van der Waals surface area contributed by atoms with Crippen molar-refractivity contribution in [2.24, 2.45) is 0 Å². The van der Waals surface area contributed by atoms with Crippen LogP contribution in [0.2, 0.25) is 0 Å². The van der Waals surface area contributed by atoms with Gasteiger partial charge >= 0.3 is 19.4 Å². The highest BCUT2D eigenvalue weighted by Crippen LogP contribution is 2.54. The van der Waals surface area contributed by atoms with E-state index in [0.29, 0.717) is 0 Å². The highest BCUT2D eigenvalue weighted by molar-refractivity contribution is 7.81. The molecule has 0 saturated heterocycles. The molecule has 0 aliphatic heterocycles. The van der Waals surface area contributed by atoms with Gasteiger partial charge in [0.2, 0.25) is 0 Å². The molecule has 0 aliphatic rings. The molecule has 74 valence electrons. The zero-order valence-electron chi connectivity index (χ0n) is 5.32. The van der Waals surface area contributed by atoms with Crippen LogP contribution in [0.25, 0.3) is 0 Å². The Morgan fingerprint density at radius 2 is 1.92 bits per heavy atom. The van der Waals surface area contributed by atoms with Gasteiger partial charge in [-0.2, -0.15) is 8.78 Å². The van der Waals surface area contributed by atoms with Gasteiger partial charge in [-0.1, -0.05) is 0 Å². The average molecular weight is 232 g/mol. The van der Waals surface area contributed by atoms with E-state index in [-0.39, 0.29) is 0 Å². The van der Waals surface area contributed by atoms with Crippen molar-refractivity contribution in [3.63, 3.8) is 0 Å². The predicted octanol–water partition coefficient (Wildman–Crippen LogP) is 3.22. The molecule has 0 bridgehead atoms. The van der Waals surface area contributed by atoms with E-state index in [4.69, 9.17) is 0 Å². The number of halogens is 6. The molecule has 0 aromatic rings. The molecule has 0 amide bonds. The molecule has 1 unspecified atom stereocenters. The quantitative estimate of drug-likeness (QED) is 0.549. The van der Waals surface area contributed by atoms with Crippen LogP contribution in [0.5, 0.6) is 0 Å². The fourth-order valence-corrected chi connectivity index (χ4v) is 0.693. The van der Waals surface area contributed by atoms with Crippen molar-refractivity contribution in [3.8, 4) is 0 Å². The Bertz CT molecular complexity index is 191. The molecule has 0 fully saturated rings. The first-order chi connectivity index (χ1) is 5.15. The second kappa shape index (κ2) is 3.89. The Labute approximate surface area is 69.0 Å². The Morgan fingerprint density at radius 1 is 1.50 bits per heavy atom. The first kappa shape index (κ1) is 12.1. The van der Waals surface area contributed by atoms with Gasteiger partial charge in [-0.05, 0) is 0 Å². The molecule has 1 atom stereocenters. The van der Waals surface area contributed by atoms with Gasteiger partial charge in [-0.25, -0.2) is 13.3 Å². The van der Waals surface area contributed by atoms with Crippen LogP contribution in [0, 0.1) is 0 Å². The molecule has 2 nitrogen and oxygen atoms in total. The molecule has 0 aliphatic carbocycles. The lowest BCUT2D eigenvalue weighted by Crippen LogP contribution is -2.31. The van der Waals surface area contributed by atoms with Gasteiger partial charge in [0.15, 0.2) is 0 Å². The molecule has 9 heteroatoms. The van der Waals surface area contributed by atoms with Crippen molar-refractivity contribution in [1.82, 2.24) is 0 Å². The van der Waals surface area contributed by atoms with E-state index in [1.165, 1.54) is 0 Å². The van der Waals surface area contributed by atoms with E-state index in [0.717, 1.165) is 0 Å². The smallest absolute Gasteiger partial charge is 0.287 e. The lowest BCUT2D eigenvalue weighted by Gasteiger charge is -2.14. The molecule has 0 radical (unpaired) electrons. The van der Waals surface area contributed by atoms with E-state index in [1.807, 2.05) is 0 Å². The SMILES string of the molecule is O=P(F)(Cl)OCC(F)(F)C(F)F. The van der Waals surface area contributed by atoms with Crippen molar-refractivity contribution >= 4 is 18.3 Å². The maximum absolute atomic E-state index is 11.9. The third-order valence-electron chi connectivity index (χ3n) is 0.727. The van der Waals surface area contributed by atoms with Crippen LogP contribution in [0.1, 0.15) is 0 Å². The minimum absolute atomic E-state index is 2.01. The standard InChI is InChI=1S/C3H3ClF5O2P/c4-12(9,10)11-1-3(7,8)2(5)6/h2H,1H2. The number of rotatable bonds is 4. The maximum Gasteiger partial charge on any atom is 0.461 e. The zero-order valence-corrected chi connectivity index (χ0v) is 6.97. The molecule has 0 heterocycles. The van der Waals surface area contributed by atoms with Gasteiger partial charge < -0.3 is 0 Å². The third kappa shape index (κ3) is 4.90. The summed E-state index contributed by atoms with van der Waals surface area (Å²) in [5, 5.41) is 0. The van der Waals surface area contributed by atoms with Gasteiger partial charge in [-0.15, -0.1) is 4.20 Å². The summed E-state index contributed by atoms with van der Waals surface area (Å²) in [6.07, 6.45) is -4.01. The van der Waals surface area contributed by atoms with Crippen LogP contribution in [0.4, 0.5) is 21.8 Å². The number of hydrogen-bond donors (Lipinski definition) is 0. The van der Waals surface area contributed by atoms with Crippen molar-refractivity contribution in [3.05, 3.63) is 0 Å². The molecule has 0 N–H and O–H groups in total.